The van der Waals surface area contributed by atoms with Crippen LogP contribution in [-0.2, 0) is 11.3 Å². The second-order valence-corrected chi connectivity index (χ2v) is 6.10. The number of carbonyl (C=O) groups is 1. The summed E-state index contributed by atoms with van der Waals surface area (Å²) < 4.78 is 2.77. The van der Waals surface area contributed by atoms with Crippen LogP contribution in [0.25, 0.3) is 16.9 Å². The number of hydrogen-bond donors (Lipinski definition) is 1. The lowest BCUT2D eigenvalue weighted by atomic mass is 10.2. The summed E-state index contributed by atoms with van der Waals surface area (Å²) in [6.07, 6.45) is 5.71. The van der Waals surface area contributed by atoms with Crippen molar-refractivity contribution in [2.24, 2.45) is 0 Å². The predicted octanol–water partition coefficient (Wildman–Crippen LogP) is 1.67. The first kappa shape index (κ1) is 17.8. The highest BCUT2D eigenvalue weighted by Crippen LogP contribution is 2.10. The smallest absolute Gasteiger partial charge is 0.284 e. The van der Waals surface area contributed by atoms with E-state index in [9.17, 15) is 9.59 Å². The summed E-state index contributed by atoms with van der Waals surface area (Å²) in [5.74, 6) is -0.208. The van der Waals surface area contributed by atoms with Crippen LogP contribution in [0.2, 0.25) is 0 Å². The molecule has 2 heterocycles. The van der Waals surface area contributed by atoms with Gasteiger partial charge in [0.05, 0.1) is 5.69 Å². The molecule has 8 nitrogen and oxygen atoms in total. The largest absolute Gasteiger partial charge is 0.355 e. The van der Waals surface area contributed by atoms with Gasteiger partial charge in [0.25, 0.3) is 5.56 Å². The zero-order valence-corrected chi connectivity index (χ0v) is 14.8. The molecular weight excluding hydrogens is 332 g/mol. The van der Waals surface area contributed by atoms with Crippen molar-refractivity contribution < 1.29 is 4.79 Å². The SMILES string of the molecule is CCCCCCNC(=O)Cn1cnc2c(nnn2-c2ccccc2)c1=O. The number of fused-ring (bicyclic) bond motifs is 1. The van der Waals surface area contributed by atoms with E-state index in [2.05, 4.69) is 27.5 Å². The fraction of sp³-hybridized carbons (Fsp3) is 0.389. The lowest BCUT2D eigenvalue weighted by Gasteiger charge is -2.07. The van der Waals surface area contributed by atoms with E-state index in [0.29, 0.717) is 12.2 Å². The zero-order valence-electron chi connectivity index (χ0n) is 14.8. The van der Waals surface area contributed by atoms with Crippen LogP contribution in [-0.4, -0.2) is 37.0 Å². The number of aromatic nitrogens is 5. The van der Waals surface area contributed by atoms with Crippen LogP contribution >= 0.6 is 0 Å². The summed E-state index contributed by atoms with van der Waals surface area (Å²) in [7, 11) is 0. The van der Waals surface area contributed by atoms with Crippen LogP contribution in [0.3, 0.4) is 0 Å². The number of carbonyl (C=O) groups excluding carboxylic acids is 1. The first-order valence-electron chi connectivity index (χ1n) is 8.83. The molecule has 0 atom stereocenters. The molecule has 26 heavy (non-hydrogen) atoms. The molecule has 136 valence electrons. The van der Waals surface area contributed by atoms with Crippen LogP contribution in [0.5, 0.6) is 0 Å². The number of unbranched alkanes of at least 4 members (excludes halogenated alkanes) is 3. The fourth-order valence-electron chi connectivity index (χ4n) is 2.69. The quantitative estimate of drug-likeness (QED) is 0.621. The highest BCUT2D eigenvalue weighted by molar-refractivity contribution is 5.76. The van der Waals surface area contributed by atoms with Crippen molar-refractivity contribution in [1.82, 2.24) is 29.9 Å². The molecule has 0 saturated heterocycles. The van der Waals surface area contributed by atoms with Gasteiger partial charge in [-0.25, -0.2) is 4.98 Å². The lowest BCUT2D eigenvalue weighted by molar-refractivity contribution is -0.121. The standard InChI is InChI=1S/C18H22N6O2/c1-2-3-4-8-11-19-15(25)12-23-13-20-17-16(18(23)26)21-22-24(17)14-9-6-5-7-10-14/h5-7,9-10,13H,2-4,8,11-12H2,1H3,(H,19,25). The van der Waals surface area contributed by atoms with E-state index in [1.807, 2.05) is 30.3 Å². The Morgan fingerprint density at radius 1 is 1.15 bits per heavy atom. The summed E-state index contributed by atoms with van der Waals surface area (Å²) in [5.41, 5.74) is 0.910. The Morgan fingerprint density at radius 3 is 2.73 bits per heavy atom. The van der Waals surface area contributed by atoms with Crippen molar-refractivity contribution in [2.45, 2.75) is 39.2 Å². The van der Waals surface area contributed by atoms with Gasteiger partial charge >= 0.3 is 0 Å². The number of nitrogens with zero attached hydrogens (tertiary/aromatic N) is 5. The van der Waals surface area contributed by atoms with Crippen LogP contribution in [0.4, 0.5) is 0 Å². The topological polar surface area (TPSA) is 94.7 Å². The van der Waals surface area contributed by atoms with Gasteiger partial charge in [-0.2, -0.15) is 4.68 Å². The van der Waals surface area contributed by atoms with E-state index in [1.165, 1.54) is 15.6 Å². The molecule has 0 radical (unpaired) electrons. The van der Waals surface area contributed by atoms with Crippen molar-refractivity contribution in [1.29, 1.82) is 0 Å². The molecule has 0 aliphatic carbocycles. The normalized spacial score (nSPS) is 11.0. The molecule has 0 spiro atoms. The summed E-state index contributed by atoms with van der Waals surface area (Å²) >= 11 is 0. The Kier molecular flexibility index (Phi) is 5.73. The first-order valence-corrected chi connectivity index (χ1v) is 8.83. The Labute approximate surface area is 150 Å². The van der Waals surface area contributed by atoms with E-state index in [1.54, 1.807) is 0 Å². The van der Waals surface area contributed by atoms with Crippen LogP contribution in [0.1, 0.15) is 32.6 Å². The Hall–Kier alpha value is -3.03. The maximum Gasteiger partial charge on any atom is 0.284 e. The molecule has 0 fully saturated rings. The number of rotatable bonds is 8. The monoisotopic (exact) mass is 354 g/mol. The molecule has 0 unspecified atom stereocenters. The van der Waals surface area contributed by atoms with Gasteiger partial charge in [0.15, 0.2) is 11.2 Å². The molecule has 0 bridgehead atoms. The van der Waals surface area contributed by atoms with E-state index >= 15 is 0 Å². The number of hydrogen-bond acceptors (Lipinski definition) is 5. The van der Waals surface area contributed by atoms with Gasteiger partial charge in [0.1, 0.15) is 12.9 Å². The third-order valence-corrected chi connectivity index (χ3v) is 4.10. The number of benzene rings is 1. The van der Waals surface area contributed by atoms with Crippen molar-refractivity contribution in [3.05, 3.63) is 47.0 Å². The van der Waals surface area contributed by atoms with Crippen LogP contribution in [0, 0.1) is 0 Å². The molecule has 3 rings (SSSR count). The van der Waals surface area contributed by atoms with E-state index in [0.717, 1.165) is 31.4 Å². The van der Waals surface area contributed by atoms with Gasteiger partial charge in [-0.3, -0.25) is 14.2 Å². The third-order valence-electron chi connectivity index (χ3n) is 4.10. The molecule has 1 amide bonds. The highest BCUT2D eigenvalue weighted by atomic mass is 16.2. The van der Waals surface area contributed by atoms with Crippen LogP contribution < -0.4 is 10.9 Å². The van der Waals surface area contributed by atoms with Gasteiger partial charge in [0, 0.05) is 6.54 Å². The molecule has 1 aromatic carbocycles. The minimum absolute atomic E-state index is 0.0756. The molecule has 8 heteroatoms. The third kappa shape index (κ3) is 3.96. The molecule has 0 aliphatic rings. The summed E-state index contributed by atoms with van der Waals surface area (Å²) in [4.78, 5) is 28.8. The van der Waals surface area contributed by atoms with Gasteiger partial charge < -0.3 is 5.32 Å². The lowest BCUT2D eigenvalue weighted by Crippen LogP contribution is -2.33. The average Bonchev–Trinajstić information content (AvgIpc) is 3.09. The second-order valence-electron chi connectivity index (χ2n) is 6.10. The molecule has 1 N–H and O–H groups in total. The highest BCUT2D eigenvalue weighted by Gasteiger charge is 2.14. The molecule has 0 saturated carbocycles. The average molecular weight is 354 g/mol. The Bertz CT molecular complexity index is 932. The Morgan fingerprint density at radius 2 is 1.96 bits per heavy atom. The summed E-state index contributed by atoms with van der Waals surface area (Å²) in [6.45, 7) is 2.68. The molecule has 3 aromatic rings. The fourth-order valence-corrected chi connectivity index (χ4v) is 2.69. The van der Waals surface area contributed by atoms with Gasteiger partial charge in [-0.15, -0.1) is 5.10 Å². The summed E-state index contributed by atoms with van der Waals surface area (Å²) in [5, 5.41) is 10.8. The zero-order chi connectivity index (χ0) is 18.4. The van der Waals surface area contributed by atoms with Crippen molar-refractivity contribution in [3.8, 4) is 5.69 Å². The summed E-state index contributed by atoms with van der Waals surface area (Å²) in [6, 6.07) is 9.34. The first-order chi connectivity index (χ1) is 12.7. The number of para-hydroxylation sites is 1. The number of amides is 1. The predicted molar refractivity (Wildman–Crippen MR) is 98.1 cm³/mol. The minimum Gasteiger partial charge on any atom is -0.355 e. The van der Waals surface area contributed by atoms with E-state index < -0.39 is 0 Å². The minimum atomic E-state index is -0.377. The second kappa shape index (κ2) is 8.37. The van der Waals surface area contributed by atoms with Gasteiger partial charge in [-0.1, -0.05) is 49.6 Å². The van der Waals surface area contributed by atoms with E-state index in [4.69, 9.17) is 0 Å². The molecule has 2 aromatic heterocycles. The van der Waals surface area contributed by atoms with E-state index in [-0.39, 0.29) is 23.5 Å². The van der Waals surface area contributed by atoms with Gasteiger partial charge in [-0.05, 0) is 18.6 Å². The maximum atomic E-state index is 12.6. The van der Waals surface area contributed by atoms with Crippen molar-refractivity contribution in [2.75, 3.05) is 6.54 Å². The van der Waals surface area contributed by atoms with Crippen molar-refractivity contribution in [3.63, 3.8) is 0 Å². The Balaban J connectivity index is 1.72. The van der Waals surface area contributed by atoms with Gasteiger partial charge in [0.2, 0.25) is 5.91 Å². The van der Waals surface area contributed by atoms with Crippen LogP contribution in [0.15, 0.2) is 41.5 Å². The maximum absolute atomic E-state index is 12.6. The number of nitrogens with one attached hydrogen (secondary N) is 1. The van der Waals surface area contributed by atoms with Crippen molar-refractivity contribution >= 4 is 17.1 Å². The molecule has 0 aliphatic heterocycles. The molecular formula is C18H22N6O2.